The van der Waals surface area contributed by atoms with Crippen molar-refractivity contribution < 1.29 is 17.6 Å². The van der Waals surface area contributed by atoms with E-state index >= 15 is 0 Å². The second kappa shape index (κ2) is 6.70. The average molecular weight is 264 g/mol. The molecule has 2 nitrogen and oxygen atoms in total. The summed E-state index contributed by atoms with van der Waals surface area (Å²) in [6.45, 7) is 0. The van der Waals surface area contributed by atoms with Crippen LogP contribution in [0.1, 0.15) is 24.8 Å². The van der Waals surface area contributed by atoms with Crippen molar-refractivity contribution in [3.8, 4) is 0 Å². The van der Waals surface area contributed by atoms with Crippen molar-refractivity contribution >= 4 is 0 Å². The fourth-order valence-corrected chi connectivity index (χ4v) is 1.70. The maximum atomic E-state index is 12.7. The van der Waals surface area contributed by atoms with Gasteiger partial charge < -0.3 is 0 Å². The van der Waals surface area contributed by atoms with Crippen molar-refractivity contribution in [1.82, 2.24) is 5.43 Å². The van der Waals surface area contributed by atoms with Gasteiger partial charge in [-0.3, -0.25) is 11.3 Å². The first-order valence-electron chi connectivity index (χ1n) is 5.68. The zero-order valence-corrected chi connectivity index (χ0v) is 9.80. The van der Waals surface area contributed by atoms with Gasteiger partial charge in [0.15, 0.2) is 0 Å². The Morgan fingerprint density at radius 2 is 1.78 bits per heavy atom. The van der Waals surface area contributed by atoms with Crippen molar-refractivity contribution in [3.05, 3.63) is 35.6 Å². The molecular formula is C12H16F4N2. The molecule has 0 aliphatic rings. The highest BCUT2D eigenvalue weighted by molar-refractivity contribution is 5.17. The number of alkyl halides is 3. The molecule has 0 spiro atoms. The van der Waals surface area contributed by atoms with Crippen LogP contribution in [0.4, 0.5) is 17.6 Å². The third-order valence-electron chi connectivity index (χ3n) is 2.64. The molecule has 0 aliphatic carbocycles. The summed E-state index contributed by atoms with van der Waals surface area (Å²) < 4.78 is 48.6. The first kappa shape index (κ1) is 14.9. The van der Waals surface area contributed by atoms with Gasteiger partial charge in [-0.2, -0.15) is 13.2 Å². The number of rotatable bonds is 6. The Hall–Kier alpha value is -1.14. The van der Waals surface area contributed by atoms with E-state index in [1.807, 2.05) is 0 Å². The lowest BCUT2D eigenvalue weighted by Gasteiger charge is -2.16. The summed E-state index contributed by atoms with van der Waals surface area (Å²) in [5.74, 6) is 4.96. The Bertz CT molecular complexity index is 348. The van der Waals surface area contributed by atoms with Gasteiger partial charge in [-0.05, 0) is 37.0 Å². The minimum atomic E-state index is -4.13. The van der Waals surface area contributed by atoms with Crippen LogP contribution in [-0.2, 0) is 6.42 Å². The lowest BCUT2D eigenvalue weighted by Crippen LogP contribution is -2.36. The van der Waals surface area contributed by atoms with Crippen LogP contribution < -0.4 is 11.3 Å². The monoisotopic (exact) mass is 264 g/mol. The van der Waals surface area contributed by atoms with Crippen molar-refractivity contribution in [1.29, 1.82) is 0 Å². The van der Waals surface area contributed by atoms with E-state index in [9.17, 15) is 17.6 Å². The Balaban J connectivity index is 2.40. The lowest BCUT2D eigenvalue weighted by molar-refractivity contribution is -0.135. The van der Waals surface area contributed by atoms with Gasteiger partial charge in [0.25, 0.3) is 0 Å². The lowest BCUT2D eigenvalue weighted by atomic mass is 10.0. The fourth-order valence-electron chi connectivity index (χ4n) is 1.70. The third-order valence-corrected chi connectivity index (χ3v) is 2.64. The molecule has 1 unspecified atom stereocenters. The zero-order valence-electron chi connectivity index (χ0n) is 9.80. The maximum Gasteiger partial charge on any atom is 0.389 e. The molecule has 1 atom stereocenters. The molecule has 0 aromatic heterocycles. The Morgan fingerprint density at radius 3 is 2.28 bits per heavy atom. The Labute approximate surface area is 103 Å². The SMILES string of the molecule is NNC(CCCC(F)(F)F)Cc1ccc(F)cc1. The topological polar surface area (TPSA) is 38.0 Å². The maximum absolute atomic E-state index is 12.7. The summed E-state index contributed by atoms with van der Waals surface area (Å²) in [5, 5.41) is 0. The van der Waals surface area contributed by atoms with E-state index in [1.165, 1.54) is 12.1 Å². The number of hydrazine groups is 1. The molecule has 0 bridgehead atoms. The Kier molecular flexibility index (Phi) is 5.55. The predicted molar refractivity (Wildman–Crippen MR) is 61.1 cm³/mol. The summed E-state index contributed by atoms with van der Waals surface area (Å²) in [4.78, 5) is 0. The molecular weight excluding hydrogens is 248 g/mol. The highest BCUT2D eigenvalue weighted by Crippen LogP contribution is 2.23. The Morgan fingerprint density at radius 1 is 1.17 bits per heavy atom. The molecule has 0 saturated heterocycles. The van der Waals surface area contributed by atoms with Crippen LogP contribution in [0.15, 0.2) is 24.3 Å². The molecule has 0 fully saturated rings. The van der Waals surface area contributed by atoms with Crippen LogP contribution in [0.5, 0.6) is 0 Å². The summed E-state index contributed by atoms with van der Waals surface area (Å²) >= 11 is 0. The van der Waals surface area contributed by atoms with Gasteiger partial charge in [0.05, 0.1) is 0 Å². The molecule has 0 aliphatic heterocycles. The molecule has 0 heterocycles. The molecule has 6 heteroatoms. The molecule has 18 heavy (non-hydrogen) atoms. The van der Waals surface area contributed by atoms with Gasteiger partial charge in [0, 0.05) is 12.5 Å². The highest BCUT2D eigenvalue weighted by atomic mass is 19.4. The van der Waals surface area contributed by atoms with E-state index in [-0.39, 0.29) is 18.3 Å². The minimum absolute atomic E-state index is 0.0273. The van der Waals surface area contributed by atoms with Crippen LogP contribution in [0, 0.1) is 5.82 Å². The second-order valence-electron chi connectivity index (χ2n) is 4.20. The molecule has 3 N–H and O–H groups in total. The third kappa shape index (κ3) is 5.97. The van der Waals surface area contributed by atoms with E-state index in [1.54, 1.807) is 12.1 Å². The molecule has 0 radical (unpaired) electrons. The predicted octanol–water partition coefficient (Wildman–Crippen LogP) is 2.93. The average Bonchev–Trinajstić information content (AvgIpc) is 2.29. The van der Waals surface area contributed by atoms with E-state index in [4.69, 9.17) is 5.84 Å². The van der Waals surface area contributed by atoms with Crippen molar-refractivity contribution in [2.75, 3.05) is 0 Å². The van der Waals surface area contributed by atoms with Gasteiger partial charge >= 0.3 is 6.18 Å². The number of nitrogens with two attached hydrogens (primary N) is 1. The fraction of sp³-hybridized carbons (Fsp3) is 0.500. The second-order valence-corrected chi connectivity index (χ2v) is 4.20. The van der Waals surface area contributed by atoms with Gasteiger partial charge in [-0.1, -0.05) is 12.1 Å². The molecule has 0 saturated carbocycles. The van der Waals surface area contributed by atoms with E-state index < -0.39 is 12.6 Å². The zero-order chi connectivity index (χ0) is 13.6. The standard InChI is InChI=1S/C12H16F4N2/c13-10-5-3-9(4-6-10)8-11(18-17)2-1-7-12(14,15)16/h3-6,11,18H,1-2,7-8,17H2. The molecule has 102 valence electrons. The largest absolute Gasteiger partial charge is 0.389 e. The van der Waals surface area contributed by atoms with Crippen molar-refractivity contribution in [3.63, 3.8) is 0 Å². The van der Waals surface area contributed by atoms with E-state index in [0.29, 0.717) is 12.8 Å². The molecule has 0 amide bonds. The smallest absolute Gasteiger partial charge is 0.271 e. The van der Waals surface area contributed by atoms with Crippen molar-refractivity contribution in [2.45, 2.75) is 37.9 Å². The summed E-state index contributed by atoms with van der Waals surface area (Å²) in [6, 6.07) is 5.60. The minimum Gasteiger partial charge on any atom is -0.271 e. The number of halogens is 4. The summed E-state index contributed by atoms with van der Waals surface area (Å²) in [5.41, 5.74) is 3.33. The van der Waals surface area contributed by atoms with Crippen LogP contribution in [-0.4, -0.2) is 12.2 Å². The van der Waals surface area contributed by atoms with Crippen LogP contribution in [0.3, 0.4) is 0 Å². The normalized spacial score (nSPS) is 13.6. The van der Waals surface area contributed by atoms with Crippen LogP contribution >= 0.6 is 0 Å². The van der Waals surface area contributed by atoms with Gasteiger partial charge in [0.2, 0.25) is 0 Å². The van der Waals surface area contributed by atoms with Crippen LogP contribution in [0.25, 0.3) is 0 Å². The number of benzene rings is 1. The van der Waals surface area contributed by atoms with E-state index in [0.717, 1.165) is 5.56 Å². The van der Waals surface area contributed by atoms with Crippen LogP contribution in [0.2, 0.25) is 0 Å². The first-order chi connectivity index (χ1) is 8.40. The van der Waals surface area contributed by atoms with Gasteiger partial charge in [0.1, 0.15) is 5.82 Å². The van der Waals surface area contributed by atoms with Crippen molar-refractivity contribution in [2.24, 2.45) is 5.84 Å². The van der Waals surface area contributed by atoms with Gasteiger partial charge in [-0.25, -0.2) is 4.39 Å². The highest BCUT2D eigenvalue weighted by Gasteiger charge is 2.26. The molecule has 1 aromatic rings. The van der Waals surface area contributed by atoms with E-state index in [2.05, 4.69) is 5.43 Å². The number of hydrogen-bond acceptors (Lipinski definition) is 2. The first-order valence-corrected chi connectivity index (χ1v) is 5.68. The summed E-state index contributed by atoms with van der Waals surface area (Å²) in [7, 11) is 0. The number of hydrogen-bond donors (Lipinski definition) is 2. The molecule has 1 rings (SSSR count). The number of nitrogens with one attached hydrogen (secondary N) is 1. The quantitative estimate of drug-likeness (QED) is 0.471. The van der Waals surface area contributed by atoms with Gasteiger partial charge in [-0.15, -0.1) is 0 Å². The molecule has 1 aromatic carbocycles. The summed E-state index contributed by atoms with van der Waals surface area (Å²) in [6.07, 6.45) is -4.11.